The number of unbranched alkanes of at least 4 members (excludes halogenated alkanes) is 20. The van der Waals surface area contributed by atoms with Crippen molar-refractivity contribution in [2.24, 2.45) is 5.92 Å². The Kier molecular flexibility index (Phi) is 18.6. The predicted molar refractivity (Wildman–Crippen MR) is 210 cm³/mol. The molecule has 4 rings (SSSR count). The van der Waals surface area contributed by atoms with Gasteiger partial charge in [-0.1, -0.05) is 167 Å². The molecule has 0 N–H and O–H groups in total. The van der Waals surface area contributed by atoms with Crippen molar-refractivity contribution in [3.63, 3.8) is 0 Å². The summed E-state index contributed by atoms with van der Waals surface area (Å²) >= 11 is 3.06. The molecule has 49 heavy (non-hydrogen) atoms. The number of imide groups is 1. The minimum absolute atomic E-state index is 0.195. The topological polar surface area (TPSA) is 63.2 Å². The van der Waals surface area contributed by atoms with Crippen molar-refractivity contribution < 1.29 is 9.59 Å². The van der Waals surface area contributed by atoms with E-state index in [1.54, 1.807) is 4.90 Å². The van der Waals surface area contributed by atoms with E-state index in [2.05, 4.69) is 24.0 Å². The summed E-state index contributed by atoms with van der Waals surface area (Å²) in [6.45, 7) is 5.05. The van der Waals surface area contributed by atoms with Crippen molar-refractivity contribution in [3.8, 4) is 21.1 Å². The zero-order chi connectivity index (χ0) is 34.5. The summed E-state index contributed by atoms with van der Waals surface area (Å²) in [5.41, 5.74) is 1.96. The van der Waals surface area contributed by atoms with Crippen molar-refractivity contribution in [2.45, 2.75) is 168 Å². The van der Waals surface area contributed by atoms with Crippen LogP contribution in [0.25, 0.3) is 21.1 Å². The summed E-state index contributed by atoms with van der Waals surface area (Å²) in [4.78, 5) is 31.6. The summed E-state index contributed by atoms with van der Waals surface area (Å²) in [6.07, 6.45) is 31.4. The van der Waals surface area contributed by atoms with Crippen LogP contribution in [0.15, 0.2) is 35.0 Å². The first-order chi connectivity index (χ1) is 24.2. The van der Waals surface area contributed by atoms with Gasteiger partial charge in [-0.05, 0) is 41.7 Å². The maximum atomic E-state index is 14.1. The van der Waals surface area contributed by atoms with E-state index in [-0.39, 0.29) is 11.8 Å². The van der Waals surface area contributed by atoms with Crippen LogP contribution in [0.3, 0.4) is 0 Å². The third kappa shape index (κ3) is 12.7. The van der Waals surface area contributed by atoms with Crippen molar-refractivity contribution in [3.05, 3.63) is 46.2 Å². The van der Waals surface area contributed by atoms with Gasteiger partial charge in [-0.3, -0.25) is 14.5 Å². The summed E-state index contributed by atoms with van der Waals surface area (Å²) in [5, 5.41) is 13.0. The highest BCUT2D eigenvalue weighted by Gasteiger charge is 2.42. The quantitative estimate of drug-likeness (QED) is 0.0557. The molecule has 0 saturated carbocycles. The van der Waals surface area contributed by atoms with E-state index < -0.39 is 0 Å². The first kappa shape index (κ1) is 39.4. The fraction of sp³-hybridized carbons (Fsp3) is 0.667. The number of rotatable bonds is 28. The van der Waals surface area contributed by atoms with Crippen LogP contribution in [-0.4, -0.2) is 33.5 Å². The third-order valence-electron chi connectivity index (χ3n) is 10.3. The Morgan fingerprint density at radius 2 is 0.878 bits per heavy atom. The highest BCUT2D eigenvalue weighted by molar-refractivity contribution is 7.13. The van der Waals surface area contributed by atoms with Crippen LogP contribution in [-0.2, 0) is 0 Å². The zero-order valence-electron chi connectivity index (χ0n) is 30.7. The summed E-state index contributed by atoms with van der Waals surface area (Å²) in [5.74, 6) is -0.0617. The first-order valence-electron chi connectivity index (χ1n) is 20.0. The molecular formula is C42H63N3O2S2. The molecule has 1 aliphatic heterocycles. The molecule has 0 spiro atoms. The van der Waals surface area contributed by atoms with Gasteiger partial charge in [-0.15, -0.1) is 32.9 Å². The number of aromatic nitrogens is 2. The monoisotopic (exact) mass is 705 g/mol. The lowest BCUT2D eigenvalue weighted by molar-refractivity contribution is 0.0622. The lowest BCUT2D eigenvalue weighted by Crippen LogP contribution is -2.34. The average molecular weight is 706 g/mol. The molecule has 3 aromatic rings. The van der Waals surface area contributed by atoms with Crippen LogP contribution >= 0.6 is 22.7 Å². The first-order valence-corrected chi connectivity index (χ1v) is 21.8. The number of hydrogen-bond acceptors (Lipinski definition) is 6. The molecular weight excluding hydrogens is 643 g/mol. The molecule has 0 fully saturated rings. The second-order valence-corrected chi connectivity index (χ2v) is 16.2. The second-order valence-electron chi connectivity index (χ2n) is 14.3. The van der Waals surface area contributed by atoms with Gasteiger partial charge < -0.3 is 0 Å². The van der Waals surface area contributed by atoms with E-state index >= 15 is 0 Å². The van der Waals surface area contributed by atoms with E-state index in [1.807, 2.05) is 35.0 Å². The Hall–Kier alpha value is -2.38. The Labute approximate surface area is 305 Å². The predicted octanol–water partition coefficient (Wildman–Crippen LogP) is 13.5. The number of carbonyl (C=O) groups excluding carboxylic acids is 2. The average Bonchev–Trinajstić information content (AvgIpc) is 3.90. The van der Waals surface area contributed by atoms with Crippen LogP contribution in [0.4, 0.5) is 0 Å². The molecule has 5 nitrogen and oxygen atoms in total. The molecule has 1 unspecified atom stereocenters. The Morgan fingerprint density at radius 3 is 1.20 bits per heavy atom. The molecule has 270 valence electrons. The fourth-order valence-corrected chi connectivity index (χ4v) is 8.76. The van der Waals surface area contributed by atoms with Gasteiger partial charge in [0.15, 0.2) is 0 Å². The smallest absolute Gasteiger partial charge is 0.263 e. The van der Waals surface area contributed by atoms with Crippen LogP contribution in [0.2, 0.25) is 0 Å². The number of nitrogens with zero attached hydrogens (tertiary/aromatic N) is 3. The number of hydrogen-bond donors (Lipinski definition) is 0. The highest BCUT2D eigenvalue weighted by Crippen LogP contribution is 2.39. The third-order valence-corrected chi connectivity index (χ3v) is 12.0. The fourth-order valence-electron chi connectivity index (χ4n) is 7.33. The lowest BCUT2D eigenvalue weighted by Gasteiger charge is -2.23. The van der Waals surface area contributed by atoms with Gasteiger partial charge in [-0.2, -0.15) is 0 Å². The van der Waals surface area contributed by atoms with E-state index in [9.17, 15) is 9.59 Å². The molecule has 0 radical (unpaired) electrons. The standard InChI is InChI=1S/C42H63N3O2S2/c1-3-5-7-9-11-13-15-16-18-20-22-24-28-34(27-23-21-19-17-14-12-10-8-6-4-2)33-45-41(46)37-38(42(45)47)40(36-30-26-32-49-36)44-43-39(37)35-29-25-31-48-35/h25-26,29-32,34H,3-24,27-28,33H2,1-2H3. The molecule has 7 heteroatoms. The van der Waals surface area contributed by atoms with Gasteiger partial charge in [-0.25, -0.2) is 0 Å². The number of fused-ring (bicyclic) bond motifs is 1. The molecule has 2 amide bonds. The van der Waals surface area contributed by atoms with Crippen LogP contribution in [0, 0.1) is 5.92 Å². The lowest BCUT2D eigenvalue weighted by atomic mass is 9.93. The Morgan fingerprint density at radius 1 is 0.531 bits per heavy atom. The molecule has 4 heterocycles. The molecule has 0 saturated heterocycles. The Bertz CT molecular complexity index is 1260. The second kappa shape index (κ2) is 23.2. The Balaban J connectivity index is 1.33. The maximum Gasteiger partial charge on any atom is 0.263 e. The van der Waals surface area contributed by atoms with E-state index in [4.69, 9.17) is 0 Å². The highest BCUT2D eigenvalue weighted by atomic mass is 32.1. The largest absolute Gasteiger partial charge is 0.274 e. The normalized spacial score (nSPS) is 13.5. The zero-order valence-corrected chi connectivity index (χ0v) is 32.3. The van der Waals surface area contributed by atoms with Crippen LogP contribution in [0.5, 0.6) is 0 Å². The molecule has 1 aliphatic rings. The van der Waals surface area contributed by atoms with Crippen molar-refractivity contribution in [1.29, 1.82) is 0 Å². The minimum Gasteiger partial charge on any atom is -0.274 e. The number of carbonyl (C=O) groups is 2. The van der Waals surface area contributed by atoms with E-state index in [0.29, 0.717) is 35.0 Å². The molecule has 3 aromatic heterocycles. The van der Waals surface area contributed by atoms with Crippen LogP contribution in [0.1, 0.15) is 189 Å². The van der Waals surface area contributed by atoms with Crippen LogP contribution < -0.4 is 0 Å². The van der Waals surface area contributed by atoms with Gasteiger partial charge in [0.05, 0.1) is 20.9 Å². The summed E-state index contributed by atoms with van der Waals surface area (Å²) < 4.78 is 0. The molecule has 1 atom stereocenters. The number of amides is 2. The van der Waals surface area contributed by atoms with Gasteiger partial charge in [0.1, 0.15) is 11.4 Å². The molecule has 0 aliphatic carbocycles. The van der Waals surface area contributed by atoms with Gasteiger partial charge >= 0.3 is 0 Å². The van der Waals surface area contributed by atoms with E-state index in [0.717, 1.165) is 22.6 Å². The summed E-state index contributed by atoms with van der Waals surface area (Å²) in [6, 6.07) is 7.83. The van der Waals surface area contributed by atoms with Crippen molar-refractivity contribution in [2.75, 3.05) is 6.54 Å². The van der Waals surface area contributed by atoms with Gasteiger partial charge in [0, 0.05) is 6.54 Å². The van der Waals surface area contributed by atoms with Gasteiger partial charge in [0.25, 0.3) is 11.8 Å². The minimum atomic E-state index is -0.195. The van der Waals surface area contributed by atoms with Gasteiger partial charge in [0.2, 0.25) is 0 Å². The van der Waals surface area contributed by atoms with Crippen molar-refractivity contribution >= 4 is 34.5 Å². The maximum absolute atomic E-state index is 14.1. The molecule has 0 aromatic carbocycles. The van der Waals surface area contributed by atoms with E-state index in [1.165, 1.54) is 164 Å². The summed E-state index contributed by atoms with van der Waals surface area (Å²) in [7, 11) is 0. The number of thiophene rings is 2. The molecule has 0 bridgehead atoms. The van der Waals surface area contributed by atoms with Crippen molar-refractivity contribution in [1.82, 2.24) is 15.1 Å². The SMILES string of the molecule is CCCCCCCCCCCCCCC(CCCCCCCCCCCC)CN1C(=O)c2c(-c3cccs3)nnc(-c3cccs3)c2C1=O.